The molecule has 0 saturated heterocycles. The van der Waals surface area contributed by atoms with Gasteiger partial charge in [0.2, 0.25) is 0 Å². The maximum absolute atomic E-state index is 6.06. The van der Waals surface area contributed by atoms with Crippen LogP contribution < -0.4 is 4.74 Å². The Kier molecular flexibility index (Phi) is 3.19. The van der Waals surface area contributed by atoms with Gasteiger partial charge in [0.25, 0.3) is 0 Å². The molecule has 2 aromatic rings. The molecule has 0 aliphatic carbocycles. The van der Waals surface area contributed by atoms with Crippen LogP contribution >= 0.6 is 45.5 Å². The van der Waals surface area contributed by atoms with E-state index in [1.54, 1.807) is 11.3 Å². The van der Waals surface area contributed by atoms with Crippen LogP contribution in [-0.4, -0.2) is 6.61 Å². The molecule has 0 saturated carbocycles. The normalized spacial score (nSPS) is 10.8. The average Bonchev–Trinajstić information content (AvgIpc) is 2.57. The Bertz CT molecular complexity index is 466. The highest BCUT2D eigenvalue weighted by Gasteiger charge is 2.10. The molecule has 4 heteroatoms. The summed E-state index contributed by atoms with van der Waals surface area (Å²) >= 11 is 10.0. The molecule has 14 heavy (non-hydrogen) atoms. The summed E-state index contributed by atoms with van der Waals surface area (Å²) in [5.41, 5.74) is 0. The minimum absolute atomic E-state index is 0.689. The molecule has 0 spiro atoms. The van der Waals surface area contributed by atoms with Crippen molar-refractivity contribution in [2.75, 3.05) is 6.61 Å². The molecule has 0 radical (unpaired) electrons. The summed E-state index contributed by atoms with van der Waals surface area (Å²) in [4.78, 5) is 0. The van der Waals surface area contributed by atoms with Crippen LogP contribution in [0.2, 0.25) is 5.02 Å². The van der Waals surface area contributed by atoms with Gasteiger partial charge in [-0.1, -0.05) is 11.6 Å². The van der Waals surface area contributed by atoms with Gasteiger partial charge in [0, 0.05) is 19.0 Å². The maximum atomic E-state index is 6.06. The molecule has 0 fully saturated rings. The molecule has 1 aromatic carbocycles. The molecule has 2 rings (SSSR count). The number of thiophene rings is 1. The van der Waals surface area contributed by atoms with Gasteiger partial charge in [-0.2, -0.15) is 0 Å². The zero-order valence-corrected chi connectivity index (χ0v) is 11.2. The van der Waals surface area contributed by atoms with Gasteiger partial charge in [-0.15, -0.1) is 11.3 Å². The fourth-order valence-electron chi connectivity index (χ4n) is 1.30. The minimum Gasteiger partial charge on any atom is -0.492 e. The van der Waals surface area contributed by atoms with E-state index >= 15 is 0 Å². The number of rotatable bonds is 2. The van der Waals surface area contributed by atoms with Crippen LogP contribution in [0.4, 0.5) is 0 Å². The predicted octanol–water partition coefficient (Wildman–Crippen LogP) is 4.56. The van der Waals surface area contributed by atoms with Gasteiger partial charge in [-0.3, -0.25) is 0 Å². The summed E-state index contributed by atoms with van der Waals surface area (Å²) in [5.74, 6) is 0.944. The highest BCUT2D eigenvalue weighted by atomic mass is 127. The van der Waals surface area contributed by atoms with Crippen LogP contribution in [0.1, 0.15) is 6.92 Å². The lowest BCUT2D eigenvalue weighted by atomic mass is 10.2. The van der Waals surface area contributed by atoms with Crippen LogP contribution in [-0.2, 0) is 0 Å². The lowest BCUT2D eigenvalue weighted by Crippen LogP contribution is -1.90. The molecule has 1 aromatic heterocycles. The molecular formula is C10H8ClIOS. The van der Waals surface area contributed by atoms with Crippen molar-refractivity contribution in [3.8, 4) is 5.75 Å². The van der Waals surface area contributed by atoms with E-state index in [2.05, 4.69) is 22.6 Å². The second-order valence-corrected chi connectivity index (χ2v) is 5.16. The van der Waals surface area contributed by atoms with E-state index in [9.17, 15) is 0 Å². The van der Waals surface area contributed by atoms with Crippen LogP contribution in [0.5, 0.6) is 5.75 Å². The molecule has 1 heterocycles. The van der Waals surface area contributed by atoms with Crippen molar-refractivity contribution in [1.29, 1.82) is 0 Å². The second kappa shape index (κ2) is 4.24. The van der Waals surface area contributed by atoms with Crippen molar-refractivity contribution < 1.29 is 4.74 Å². The van der Waals surface area contributed by atoms with E-state index in [0.717, 1.165) is 19.7 Å². The van der Waals surface area contributed by atoms with Gasteiger partial charge in [-0.05, 0) is 41.6 Å². The van der Waals surface area contributed by atoms with E-state index < -0.39 is 0 Å². The van der Waals surface area contributed by atoms with Crippen molar-refractivity contribution in [2.45, 2.75) is 6.92 Å². The van der Waals surface area contributed by atoms with Crippen LogP contribution in [0.25, 0.3) is 10.1 Å². The number of halogens is 2. The Morgan fingerprint density at radius 2 is 2.29 bits per heavy atom. The van der Waals surface area contributed by atoms with Crippen molar-refractivity contribution in [2.24, 2.45) is 0 Å². The number of hydrogen-bond acceptors (Lipinski definition) is 2. The molecular weight excluding hydrogens is 331 g/mol. The number of ether oxygens (including phenoxy) is 1. The van der Waals surface area contributed by atoms with Crippen molar-refractivity contribution in [3.63, 3.8) is 0 Å². The predicted molar refractivity (Wildman–Crippen MR) is 70.7 cm³/mol. The van der Waals surface area contributed by atoms with Crippen LogP contribution in [0.3, 0.4) is 0 Å². The molecule has 0 aliphatic rings. The summed E-state index contributed by atoms with van der Waals surface area (Å²) in [6.07, 6.45) is 0. The third-order valence-electron chi connectivity index (χ3n) is 1.90. The first-order chi connectivity index (χ1) is 6.74. The third-order valence-corrected chi connectivity index (χ3v) is 4.58. The average molecular weight is 339 g/mol. The van der Waals surface area contributed by atoms with Crippen molar-refractivity contribution in [3.05, 3.63) is 26.1 Å². The fourth-order valence-corrected chi connectivity index (χ4v) is 3.26. The summed E-state index contributed by atoms with van der Waals surface area (Å²) in [6, 6.07) is 3.96. The van der Waals surface area contributed by atoms with Crippen LogP contribution in [0, 0.1) is 3.57 Å². The Morgan fingerprint density at radius 1 is 1.50 bits per heavy atom. The van der Waals surface area contributed by atoms with Crippen molar-refractivity contribution >= 4 is 55.6 Å². The first-order valence-electron chi connectivity index (χ1n) is 4.22. The topological polar surface area (TPSA) is 9.23 Å². The largest absolute Gasteiger partial charge is 0.492 e. The number of hydrogen-bond donors (Lipinski definition) is 0. The molecule has 0 N–H and O–H groups in total. The quantitative estimate of drug-likeness (QED) is 0.730. The summed E-state index contributed by atoms with van der Waals surface area (Å²) in [7, 11) is 0. The molecule has 1 nitrogen and oxygen atoms in total. The monoisotopic (exact) mass is 338 g/mol. The lowest BCUT2D eigenvalue weighted by molar-refractivity contribution is 0.345. The summed E-state index contributed by atoms with van der Waals surface area (Å²) < 4.78 is 7.84. The van der Waals surface area contributed by atoms with Gasteiger partial charge in [0.05, 0.1) is 11.6 Å². The van der Waals surface area contributed by atoms with Gasteiger partial charge in [0.1, 0.15) is 5.75 Å². The van der Waals surface area contributed by atoms with E-state index in [1.165, 1.54) is 4.70 Å². The zero-order valence-electron chi connectivity index (χ0n) is 7.51. The van der Waals surface area contributed by atoms with Gasteiger partial charge >= 0.3 is 0 Å². The standard InChI is InChI=1S/C10H8ClIOS/c1-2-13-7-5-14-8-4-3-6(11)10(12)9(7)8/h3-5H,2H2,1H3. The number of benzene rings is 1. The molecule has 0 atom stereocenters. The Hall–Kier alpha value is -0.000000000000000111. The van der Waals surface area contributed by atoms with E-state index in [0.29, 0.717) is 6.61 Å². The SMILES string of the molecule is CCOc1csc2ccc(Cl)c(I)c12. The molecule has 74 valence electrons. The van der Waals surface area contributed by atoms with E-state index in [1.807, 2.05) is 24.4 Å². The number of fused-ring (bicyclic) bond motifs is 1. The van der Waals surface area contributed by atoms with E-state index in [4.69, 9.17) is 16.3 Å². The Morgan fingerprint density at radius 3 is 3.00 bits per heavy atom. The smallest absolute Gasteiger partial charge is 0.138 e. The Balaban J connectivity index is 2.69. The first-order valence-corrected chi connectivity index (χ1v) is 6.55. The molecule has 0 unspecified atom stereocenters. The minimum atomic E-state index is 0.689. The zero-order chi connectivity index (χ0) is 10.1. The van der Waals surface area contributed by atoms with Gasteiger partial charge in [-0.25, -0.2) is 0 Å². The van der Waals surface area contributed by atoms with Gasteiger partial charge in [0.15, 0.2) is 0 Å². The summed E-state index contributed by atoms with van der Waals surface area (Å²) in [6.45, 7) is 2.68. The Labute approximate surface area is 105 Å². The van der Waals surface area contributed by atoms with Gasteiger partial charge < -0.3 is 4.74 Å². The lowest BCUT2D eigenvalue weighted by Gasteiger charge is -2.03. The van der Waals surface area contributed by atoms with Crippen molar-refractivity contribution in [1.82, 2.24) is 0 Å². The highest BCUT2D eigenvalue weighted by molar-refractivity contribution is 14.1. The first kappa shape index (κ1) is 10.5. The molecule has 0 bridgehead atoms. The molecule has 0 aliphatic heterocycles. The highest BCUT2D eigenvalue weighted by Crippen LogP contribution is 2.38. The van der Waals surface area contributed by atoms with Crippen LogP contribution in [0.15, 0.2) is 17.5 Å². The van der Waals surface area contributed by atoms with E-state index in [-0.39, 0.29) is 0 Å². The second-order valence-electron chi connectivity index (χ2n) is 2.77. The third kappa shape index (κ3) is 1.73. The molecule has 0 amide bonds. The fraction of sp³-hybridized carbons (Fsp3) is 0.200. The maximum Gasteiger partial charge on any atom is 0.138 e. The summed E-state index contributed by atoms with van der Waals surface area (Å²) in [5, 5.41) is 3.97.